The van der Waals surface area contributed by atoms with Crippen molar-refractivity contribution in [2.75, 3.05) is 30.8 Å². The summed E-state index contributed by atoms with van der Waals surface area (Å²) in [7, 11) is 2.05. The van der Waals surface area contributed by atoms with E-state index in [1.807, 2.05) is 7.05 Å². The largest absolute Gasteiger partial charge is 0.368 e. The Hall–Kier alpha value is -1.36. The zero-order chi connectivity index (χ0) is 15.1. The van der Waals surface area contributed by atoms with Crippen molar-refractivity contribution in [3.8, 4) is 0 Å². The predicted octanol–water partition coefficient (Wildman–Crippen LogP) is 2.08. The van der Waals surface area contributed by atoms with E-state index in [-0.39, 0.29) is 0 Å². The third-order valence-corrected chi connectivity index (χ3v) is 5.96. The summed E-state index contributed by atoms with van der Waals surface area (Å²) in [6, 6.07) is 0.567. The van der Waals surface area contributed by atoms with Gasteiger partial charge in [0.15, 0.2) is 0 Å². The van der Waals surface area contributed by atoms with E-state index in [4.69, 9.17) is 10.7 Å². The van der Waals surface area contributed by atoms with Crippen LogP contribution in [0.1, 0.15) is 55.7 Å². The molecule has 2 heterocycles. The van der Waals surface area contributed by atoms with Crippen molar-refractivity contribution in [1.29, 1.82) is 0 Å². The second-order valence-electron chi connectivity index (χ2n) is 7.18. The number of nitrogens with two attached hydrogens (primary N) is 1. The molecular weight excluding hydrogens is 274 g/mol. The van der Waals surface area contributed by atoms with Crippen LogP contribution in [0.5, 0.6) is 0 Å². The monoisotopic (exact) mass is 301 g/mol. The van der Waals surface area contributed by atoms with Crippen LogP contribution in [0.25, 0.3) is 0 Å². The van der Waals surface area contributed by atoms with Gasteiger partial charge < -0.3 is 16.0 Å². The molecular formula is C17H27N5. The van der Waals surface area contributed by atoms with Crippen LogP contribution in [0, 0.1) is 5.92 Å². The summed E-state index contributed by atoms with van der Waals surface area (Å²) in [4.78, 5) is 11.8. The van der Waals surface area contributed by atoms with Crippen LogP contribution in [-0.4, -0.2) is 36.1 Å². The lowest BCUT2D eigenvalue weighted by atomic mass is 9.70. The number of nitrogens with zero attached hydrogens (tertiary/aromatic N) is 3. The Morgan fingerprint density at radius 1 is 1.14 bits per heavy atom. The lowest BCUT2D eigenvalue weighted by Gasteiger charge is -2.37. The average molecular weight is 301 g/mol. The minimum absolute atomic E-state index is 0.466. The van der Waals surface area contributed by atoms with Crippen LogP contribution >= 0.6 is 0 Å². The number of likely N-dealkylation sites (N-methyl/N-ethyl adjacent to an activating group) is 1. The molecule has 120 valence electrons. The smallest absolute Gasteiger partial charge is 0.222 e. The molecule has 1 aromatic heterocycles. The molecule has 5 heteroatoms. The van der Waals surface area contributed by atoms with Gasteiger partial charge in [0, 0.05) is 30.6 Å². The molecule has 0 bridgehead atoms. The van der Waals surface area contributed by atoms with E-state index >= 15 is 0 Å². The van der Waals surface area contributed by atoms with Gasteiger partial charge in [-0.15, -0.1) is 0 Å². The van der Waals surface area contributed by atoms with Crippen molar-refractivity contribution < 1.29 is 0 Å². The highest BCUT2D eigenvalue weighted by molar-refractivity contribution is 5.55. The van der Waals surface area contributed by atoms with Crippen LogP contribution < -0.4 is 16.0 Å². The zero-order valence-corrected chi connectivity index (χ0v) is 13.5. The molecule has 0 spiro atoms. The van der Waals surface area contributed by atoms with Gasteiger partial charge in [0.1, 0.15) is 5.82 Å². The van der Waals surface area contributed by atoms with E-state index in [0.717, 1.165) is 31.2 Å². The third kappa shape index (κ3) is 2.35. The van der Waals surface area contributed by atoms with Gasteiger partial charge in [-0.2, -0.15) is 4.98 Å². The minimum atomic E-state index is 0.466. The van der Waals surface area contributed by atoms with Gasteiger partial charge in [-0.05, 0) is 45.1 Å². The standard InChI is InChI=1S/C17H27N5/c1-19-12-8-9-22(10-12)16-14-7-6-11-4-2-3-5-13(11)15(14)20-17(18)21-16/h11-13,19H,2-10H2,1H3,(H2,18,20,21)/t11-,12-,13+/m1/s1. The van der Waals surface area contributed by atoms with Gasteiger partial charge in [-0.25, -0.2) is 4.98 Å². The van der Waals surface area contributed by atoms with Crippen LogP contribution in [0.4, 0.5) is 11.8 Å². The van der Waals surface area contributed by atoms with E-state index in [1.54, 1.807) is 0 Å². The summed E-state index contributed by atoms with van der Waals surface area (Å²) >= 11 is 0. The number of nitrogen functional groups attached to an aromatic ring is 1. The third-order valence-electron chi connectivity index (χ3n) is 5.96. The molecule has 1 aliphatic heterocycles. The normalized spacial score (nSPS) is 31.0. The van der Waals surface area contributed by atoms with Crippen molar-refractivity contribution in [1.82, 2.24) is 15.3 Å². The topological polar surface area (TPSA) is 67.1 Å². The molecule has 0 aromatic carbocycles. The van der Waals surface area contributed by atoms with Gasteiger partial charge in [0.05, 0.1) is 5.69 Å². The van der Waals surface area contributed by atoms with Crippen molar-refractivity contribution >= 4 is 11.8 Å². The lowest BCUT2D eigenvalue weighted by Crippen LogP contribution is -2.32. The van der Waals surface area contributed by atoms with Gasteiger partial charge in [0.25, 0.3) is 0 Å². The van der Waals surface area contributed by atoms with E-state index in [2.05, 4.69) is 15.2 Å². The minimum Gasteiger partial charge on any atom is -0.368 e. The maximum absolute atomic E-state index is 6.07. The molecule has 2 aliphatic carbocycles. The summed E-state index contributed by atoms with van der Waals surface area (Å²) in [5, 5.41) is 3.39. The first-order chi connectivity index (χ1) is 10.8. The Bertz CT molecular complexity index is 558. The van der Waals surface area contributed by atoms with Gasteiger partial charge in [-0.1, -0.05) is 12.8 Å². The molecule has 2 fully saturated rings. The summed E-state index contributed by atoms with van der Waals surface area (Å²) in [6.45, 7) is 2.11. The summed E-state index contributed by atoms with van der Waals surface area (Å²) < 4.78 is 0. The second kappa shape index (κ2) is 5.69. The highest BCUT2D eigenvalue weighted by Gasteiger charge is 2.36. The molecule has 5 nitrogen and oxygen atoms in total. The Balaban J connectivity index is 1.70. The maximum Gasteiger partial charge on any atom is 0.222 e. The van der Waals surface area contributed by atoms with Gasteiger partial charge in [0.2, 0.25) is 5.95 Å². The fourth-order valence-electron chi connectivity index (χ4n) is 4.75. The fraction of sp³-hybridized carbons (Fsp3) is 0.765. The van der Waals surface area contributed by atoms with Crippen LogP contribution in [-0.2, 0) is 6.42 Å². The molecule has 1 saturated carbocycles. The first-order valence-electron chi connectivity index (χ1n) is 8.84. The first kappa shape index (κ1) is 14.2. The summed E-state index contributed by atoms with van der Waals surface area (Å²) in [5.41, 5.74) is 8.76. The number of rotatable bonds is 2. The Labute approximate surface area is 132 Å². The Kier molecular flexibility index (Phi) is 3.68. The first-order valence-corrected chi connectivity index (χ1v) is 8.84. The highest BCUT2D eigenvalue weighted by Crippen LogP contribution is 2.46. The van der Waals surface area contributed by atoms with E-state index < -0.39 is 0 Å². The van der Waals surface area contributed by atoms with Crippen molar-refractivity contribution in [3.05, 3.63) is 11.3 Å². The maximum atomic E-state index is 6.07. The lowest BCUT2D eigenvalue weighted by molar-refractivity contribution is 0.270. The molecule has 1 saturated heterocycles. The SMILES string of the molecule is CN[C@@H]1CCN(c2nc(N)nc3c2CC[C@H]2CCCC[C@H]32)C1. The van der Waals surface area contributed by atoms with Gasteiger partial charge in [-0.3, -0.25) is 0 Å². The molecule has 3 aliphatic rings. The van der Waals surface area contributed by atoms with Crippen molar-refractivity contribution in [2.24, 2.45) is 5.92 Å². The number of hydrogen-bond acceptors (Lipinski definition) is 5. The fourth-order valence-corrected chi connectivity index (χ4v) is 4.75. The number of aromatic nitrogens is 2. The Morgan fingerprint density at radius 3 is 2.82 bits per heavy atom. The van der Waals surface area contributed by atoms with E-state index in [0.29, 0.717) is 17.9 Å². The van der Waals surface area contributed by atoms with E-state index in [1.165, 1.54) is 49.8 Å². The molecule has 0 radical (unpaired) electrons. The number of nitrogens with one attached hydrogen (secondary N) is 1. The number of anilines is 2. The van der Waals surface area contributed by atoms with Crippen molar-refractivity contribution in [3.63, 3.8) is 0 Å². The van der Waals surface area contributed by atoms with Crippen molar-refractivity contribution in [2.45, 2.75) is 56.9 Å². The quantitative estimate of drug-likeness (QED) is 0.875. The highest BCUT2D eigenvalue weighted by atomic mass is 15.3. The zero-order valence-electron chi connectivity index (χ0n) is 13.5. The predicted molar refractivity (Wildman–Crippen MR) is 89.1 cm³/mol. The average Bonchev–Trinajstić information content (AvgIpc) is 3.03. The van der Waals surface area contributed by atoms with Crippen LogP contribution in [0.15, 0.2) is 0 Å². The number of fused-ring (bicyclic) bond motifs is 3. The summed E-state index contributed by atoms with van der Waals surface area (Å²) in [5.74, 6) is 3.05. The second-order valence-corrected chi connectivity index (χ2v) is 7.18. The molecule has 3 N–H and O–H groups in total. The van der Waals surface area contributed by atoms with Crippen LogP contribution in [0.3, 0.4) is 0 Å². The molecule has 0 amide bonds. The molecule has 4 rings (SSSR count). The van der Waals surface area contributed by atoms with E-state index in [9.17, 15) is 0 Å². The van der Waals surface area contributed by atoms with Gasteiger partial charge >= 0.3 is 0 Å². The molecule has 3 atom stereocenters. The molecule has 22 heavy (non-hydrogen) atoms. The number of hydrogen-bond donors (Lipinski definition) is 2. The molecule has 0 unspecified atom stereocenters. The Morgan fingerprint density at radius 2 is 2.00 bits per heavy atom. The molecule has 1 aromatic rings. The van der Waals surface area contributed by atoms with Crippen LogP contribution in [0.2, 0.25) is 0 Å². The summed E-state index contributed by atoms with van der Waals surface area (Å²) in [6.07, 6.45) is 9.00.